The second-order valence-electron chi connectivity index (χ2n) is 4.82. The maximum Gasteiger partial charge on any atom is 0.126 e. The molecule has 4 heteroatoms. The summed E-state index contributed by atoms with van der Waals surface area (Å²) in [6.07, 6.45) is 3.55. The highest BCUT2D eigenvalue weighted by molar-refractivity contribution is 9.10. The molecular formula is C17H15BrN2O. The lowest BCUT2D eigenvalue weighted by Gasteiger charge is -2.16. The van der Waals surface area contributed by atoms with Crippen molar-refractivity contribution in [2.75, 3.05) is 7.11 Å². The fourth-order valence-corrected chi connectivity index (χ4v) is 2.90. The first-order chi connectivity index (χ1) is 10.2. The van der Waals surface area contributed by atoms with Crippen LogP contribution in [0.1, 0.15) is 17.2 Å². The number of methoxy groups -OCH3 is 1. The number of pyridine rings is 1. The van der Waals surface area contributed by atoms with Gasteiger partial charge < -0.3 is 10.5 Å². The molecule has 0 spiro atoms. The number of benzene rings is 2. The second kappa shape index (κ2) is 5.84. The molecule has 1 aromatic heterocycles. The molecule has 0 aliphatic heterocycles. The predicted molar refractivity (Wildman–Crippen MR) is 88.5 cm³/mol. The number of fused-ring (bicyclic) bond motifs is 1. The van der Waals surface area contributed by atoms with E-state index >= 15 is 0 Å². The van der Waals surface area contributed by atoms with E-state index < -0.39 is 0 Å². The van der Waals surface area contributed by atoms with Crippen LogP contribution in [0.4, 0.5) is 0 Å². The van der Waals surface area contributed by atoms with Gasteiger partial charge in [0, 0.05) is 22.3 Å². The van der Waals surface area contributed by atoms with E-state index in [1.807, 2.05) is 36.4 Å². The number of nitrogens with two attached hydrogens (primary N) is 1. The van der Waals surface area contributed by atoms with E-state index in [4.69, 9.17) is 10.5 Å². The molecule has 2 N–H and O–H groups in total. The number of hydrogen-bond donors (Lipinski definition) is 1. The third-order valence-electron chi connectivity index (χ3n) is 3.56. The summed E-state index contributed by atoms with van der Waals surface area (Å²) in [4.78, 5) is 4.19. The third-order valence-corrected chi connectivity index (χ3v) is 3.99. The summed E-state index contributed by atoms with van der Waals surface area (Å²) in [6, 6.07) is 13.9. The van der Waals surface area contributed by atoms with Crippen LogP contribution >= 0.6 is 15.9 Å². The Morgan fingerprint density at radius 2 is 1.86 bits per heavy atom. The van der Waals surface area contributed by atoms with Crippen molar-refractivity contribution in [1.29, 1.82) is 0 Å². The Morgan fingerprint density at radius 3 is 2.57 bits per heavy atom. The molecular weight excluding hydrogens is 328 g/mol. The monoisotopic (exact) mass is 342 g/mol. The Balaban J connectivity index is 2.17. The molecule has 0 saturated carbocycles. The first-order valence-electron chi connectivity index (χ1n) is 6.62. The Hall–Kier alpha value is -1.91. The molecule has 0 saturated heterocycles. The van der Waals surface area contributed by atoms with E-state index in [0.29, 0.717) is 0 Å². The number of nitrogens with zero attached hydrogens (tertiary/aromatic N) is 1. The molecule has 106 valence electrons. The zero-order chi connectivity index (χ0) is 14.8. The van der Waals surface area contributed by atoms with E-state index in [1.54, 1.807) is 19.5 Å². The summed E-state index contributed by atoms with van der Waals surface area (Å²) in [6.45, 7) is 0. The summed E-state index contributed by atoms with van der Waals surface area (Å²) >= 11 is 3.44. The fourth-order valence-electron chi connectivity index (χ4n) is 2.52. The van der Waals surface area contributed by atoms with E-state index in [0.717, 1.165) is 32.1 Å². The van der Waals surface area contributed by atoms with Crippen molar-refractivity contribution in [2.45, 2.75) is 6.04 Å². The number of hydrogen-bond acceptors (Lipinski definition) is 3. The van der Waals surface area contributed by atoms with Crippen LogP contribution in [0, 0.1) is 0 Å². The molecule has 0 aliphatic rings. The van der Waals surface area contributed by atoms with Gasteiger partial charge in [-0.3, -0.25) is 4.98 Å². The first kappa shape index (κ1) is 14.0. The SMILES string of the molecule is COc1ccc(C(N)c2cncc(Br)c2)c2ccccc12. The van der Waals surface area contributed by atoms with Crippen LogP contribution in [-0.4, -0.2) is 12.1 Å². The van der Waals surface area contributed by atoms with Crippen LogP contribution in [0.3, 0.4) is 0 Å². The van der Waals surface area contributed by atoms with Gasteiger partial charge in [-0.05, 0) is 44.6 Å². The lowest BCUT2D eigenvalue weighted by atomic mass is 9.95. The van der Waals surface area contributed by atoms with Crippen molar-refractivity contribution in [3.05, 3.63) is 70.5 Å². The molecule has 21 heavy (non-hydrogen) atoms. The number of ether oxygens (including phenoxy) is 1. The molecule has 0 radical (unpaired) electrons. The third kappa shape index (κ3) is 2.64. The van der Waals surface area contributed by atoms with Crippen LogP contribution in [-0.2, 0) is 0 Å². The molecule has 3 nitrogen and oxygen atoms in total. The standard InChI is InChI=1S/C17H15BrN2O/c1-21-16-7-6-15(13-4-2-3-5-14(13)16)17(19)11-8-12(18)10-20-9-11/h2-10,17H,19H2,1H3. The maximum atomic E-state index is 6.44. The van der Waals surface area contributed by atoms with E-state index in [2.05, 4.69) is 27.0 Å². The van der Waals surface area contributed by atoms with Gasteiger partial charge in [0.25, 0.3) is 0 Å². The fraction of sp³-hybridized carbons (Fsp3) is 0.118. The zero-order valence-electron chi connectivity index (χ0n) is 11.6. The lowest BCUT2D eigenvalue weighted by Crippen LogP contribution is -2.12. The van der Waals surface area contributed by atoms with Gasteiger partial charge in [-0.25, -0.2) is 0 Å². The Morgan fingerprint density at radius 1 is 1.10 bits per heavy atom. The van der Waals surface area contributed by atoms with Gasteiger partial charge in [0.1, 0.15) is 5.75 Å². The van der Waals surface area contributed by atoms with E-state index in [1.165, 1.54) is 0 Å². The van der Waals surface area contributed by atoms with Gasteiger partial charge in [-0.1, -0.05) is 30.3 Å². The summed E-state index contributed by atoms with van der Waals surface area (Å²) in [5, 5.41) is 2.17. The highest BCUT2D eigenvalue weighted by atomic mass is 79.9. The number of halogens is 1. The molecule has 1 unspecified atom stereocenters. The molecule has 0 amide bonds. The zero-order valence-corrected chi connectivity index (χ0v) is 13.2. The van der Waals surface area contributed by atoms with Crippen LogP contribution < -0.4 is 10.5 Å². The van der Waals surface area contributed by atoms with Gasteiger partial charge in [0.15, 0.2) is 0 Å². The van der Waals surface area contributed by atoms with Crippen LogP contribution in [0.5, 0.6) is 5.75 Å². The minimum atomic E-state index is -0.231. The maximum absolute atomic E-state index is 6.44. The molecule has 0 bridgehead atoms. The molecule has 3 aromatic rings. The van der Waals surface area contributed by atoms with Crippen LogP contribution in [0.2, 0.25) is 0 Å². The Labute approximate surface area is 131 Å². The Kier molecular flexibility index (Phi) is 3.90. The van der Waals surface area contributed by atoms with Gasteiger partial charge in [-0.2, -0.15) is 0 Å². The van der Waals surface area contributed by atoms with Gasteiger partial charge >= 0.3 is 0 Å². The first-order valence-corrected chi connectivity index (χ1v) is 7.41. The average Bonchev–Trinajstić information content (AvgIpc) is 2.53. The van der Waals surface area contributed by atoms with E-state index in [9.17, 15) is 0 Å². The minimum absolute atomic E-state index is 0.231. The molecule has 1 heterocycles. The van der Waals surface area contributed by atoms with E-state index in [-0.39, 0.29) is 6.04 Å². The predicted octanol–water partition coefficient (Wildman–Crippen LogP) is 4.05. The topological polar surface area (TPSA) is 48.1 Å². The smallest absolute Gasteiger partial charge is 0.126 e. The highest BCUT2D eigenvalue weighted by Gasteiger charge is 2.14. The largest absolute Gasteiger partial charge is 0.496 e. The van der Waals surface area contributed by atoms with Crippen molar-refractivity contribution in [1.82, 2.24) is 4.98 Å². The average molecular weight is 343 g/mol. The van der Waals surface area contributed by atoms with Gasteiger partial charge in [0.2, 0.25) is 0 Å². The molecule has 3 rings (SSSR count). The molecule has 1 atom stereocenters. The summed E-state index contributed by atoms with van der Waals surface area (Å²) < 4.78 is 6.35. The van der Waals surface area contributed by atoms with Crippen molar-refractivity contribution >= 4 is 26.7 Å². The number of rotatable bonds is 3. The highest BCUT2D eigenvalue weighted by Crippen LogP contribution is 2.33. The normalized spacial score (nSPS) is 12.3. The van der Waals surface area contributed by atoms with Gasteiger partial charge in [-0.15, -0.1) is 0 Å². The van der Waals surface area contributed by atoms with Crippen LogP contribution in [0.15, 0.2) is 59.3 Å². The summed E-state index contributed by atoms with van der Waals surface area (Å²) in [7, 11) is 1.68. The van der Waals surface area contributed by atoms with Crippen molar-refractivity contribution < 1.29 is 4.74 Å². The Bertz CT molecular complexity index is 789. The summed E-state index contributed by atoms with van der Waals surface area (Å²) in [5.74, 6) is 0.855. The minimum Gasteiger partial charge on any atom is -0.496 e. The van der Waals surface area contributed by atoms with Crippen molar-refractivity contribution in [2.24, 2.45) is 5.73 Å². The van der Waals surface area contributed by atoms with Gasteiger partial charge in [0.05, 0.1) is 13.2 Å². The van der Waals surface area contributed by atoms with Crippen molar-refractivity contribution in [3.8, 4) is 5.75 Å². The molecule has 0 aliphatic carbocycles. The van der Waals surface area contributed by atoms with Crippen molar-refractivity contribution in [3.63, 3.8) is 0 Å². The van der Waals surface area contributed by atoms with Crippen LogP contribution in [0.25, 0.3) is 10.8 Å². The number of aromatic nitrogens is 1. The lowest BCUT2D eigenvalue weighted by molar-refractivity contribution is 0.419. The molecule has 0 fully saturated rings. The molecule has 2 aromatic carbocycles. The second-order valence-corrected chi connectivity index (χ2v) is 5.73. The summed E-state index contributed by atoms with van der Waals surface area (Å²) in [5.41, 5.74) is 8.47. The quantitative estimate of drug-likeness (QED) is 0.780.